The number of nitrogens with zero attached hydrogens (tertiary/aromatic N) is 3. The van der Waals surface area contributed by atoms with Gasteiger partial charge >= 0.3 is 6.03 Å². The van der Waals surface area contributed by atoms with Crippen molar-refractivity contribution < 1.29 is 9.90 Å². The Labute approximate surface area is 132 Å². The molecule has 124 valence electrons. The average Bonchev–Trinajstić information content (AvgIpc) is 2.88. The topological polar surface area (TPSA) is 70.4 Å². The number of carbonyl (C=O) groups is 1. The molecule has 0 aromatic carbocycles. The fraction of sp³-hybridized carbons (Fsp3) is 0.750. The molecule has 1 unspecified atom stereocenters. The molecule has 1 aliphatic heterocycles. The number of anilines is 1. The molecule has 1 fully saturated rings. The molecular formula is C16H28N4O2. The van der Waals surface area contributed by atoms with E-state index in [0.717, 1.165) is 43.7 Å². The van der Waals surface area contributed by atoms with Gasteiger partial charge in [-0.05, 0) is 31.1 Å². The predicted octanol–water partition coefficient (Wildman–Crippen LogP) is 2.34. The second-order valence-electron chi connectivity index (χ2n) is 6.50. The van der Waals surface area contributed by atoms with E-state index in [1.807, 2.05) is 4.68 Å². The van der Waals surface area contributed by atoms with Gasteiger partial charge in [0.25, 0.3) is 0 Å². The van der Waals surface area contributed by atoms with Crippen LogP contribution in [-0.4, -0.2) is 45.5 Å². The van der Waals surface area contributed by atoms with E-state index < -0.39 is 0 Å². The number of carbonyl (C=O) groups excluding carboxylic acids is 1. The van der Waals surface area contributed by atoms with Gasteiger partial charge in [0, 0.05) is 26.2 Å². The summed E-state index contributed by atoms with van der Waals surface area (Å²) in [6.07, 6.45) is 4.52. The highest BCUT2D eigenvalue weighted by molar-refractivity contribution is 5.89. The summed E-state index contributed by atoms with van der Waals surface area (Å²) in [5.41, 5.74) is 1.87. The summed E-state index contributed by atoms with van der Waals surface area (Å²) in [7, 11) is 0. The highest BCUT2D eigenvalue weighted by Gasteiger charge is 2.24. The van der Waals surface area contributed by atoms with Gasteiger partial charge in [0.2, 0.25) is 0 Å². The third kappa shape index (κ3) is 4.00. The minimum atomic E-state index is -0.0862. The zero-order valence-electron chi connectivity index (χ0n) is 13.9. The van der Waals surface area contributed by atoms with Crippen LogP contribution in [0.5, 0.6) is 0 Å². The molecule has 1 aromatic heterocycles. The van der Waals surface area contributed by atoms with Gasteiger partial charge in [0.05, 0.1) is 17.6 Å². The smallest absolute Gasteiger partial charge is 0.321 e. The fourth-order valence-electron chi connectivity index (χ4n) is 2.98. The molecule has 6 nitrogen and oxygen atoms in total. The van der Waals surface area contributed by atoms with E-state index in [9.17, 15) is 9.90 Å². The van der Waals surface area contributed by atoms with Crippen LogP contribution in [0.15, 0.2) is 6.20 Å². The van der Waals surface area contributed by atoms with Crippen LogP contribution < -0.4 is 5.32 Å². The van der Waals surface area contributed by atoms with E-state index in [0.29, 0.717) is 12.5 Å². The Morgan fingerprint density at radius 1 is 1.55 bits per heavy atom. The summed E-state index contributed by atoms with van der Waals surface area (Å²) in [6, 6.07) is -0.0862. The van der Waals surface area contributed by atoms with Crippen LogP contribution in [0, 0.1) is 11.8 Å². The maximum atomic E-state index is 12.4. The Morgan fingerprint density at radius 2 is 2.32 bits per heavy atom. The Morgan fingerprint density at radius 3 is 2.95 bits per heavy atom. The number of amides is 2. The summed E-state index contributed by atoms with van der Waals surface area (Å²) < 4.78 is 1.98. The summed E-state index contributed by atoms with van der Waals surface area (Å²) in [5, 5.41) is 16.7. The van der Waals surface area contributed by atoms with E-state index in [-0.39, 0.29) is 18.6 Å². The van der Waals surface area contributed by atoms with Crippen LogP contribution in [0.2, 0.25) is 0 Å². The molecule has 0 spiro atoms. The van der Waals surface area contributed by atoms with Crippen molar-refractivity contribution in [3.63, 3.8) is 0 Å². The first-order valence-corrected chi connectivity index (χ1v) is 8.26. The Hall–Kier alpha value is -1.56. The number of urea groups is 1. The van der Waals surface area contributed by atoms with E-state index in [4.69, 9.17) is 0 Å². The molecule has 6 heteroatoms. The zero-order chi connectivity index (χ0) is 16.1. The van der Waals surface area contributed by atoms with Gasteiger partial charge in [-0.3, -0.25) is 4.68 Å². The normalized spacial score (nSPS) is 18.8. The lowest BCUT2D eigenvalue weighted by Gasteiger charge is -2.31. The fourth-order valence-corrected chi connectivity index (χ4v) is 2.98. The molecule has 1 aromatic rings. The lowest BCUT2D eigenvalue weighted by atomic mass is 9.99. The van der Waals surface area contributed by atoms with Gasteiger partial charge in [-0.25, -0.2) is 4.79 Å². The Kier molecular flexibility index (Phi) is 5.83. The highest BCUT2D eigenvalue weighted by Crippen LogP contribution is 2.20. The van der Waals surface area contributed by atoms with E-state index in [1.54, 1.807) is 11.1 Å². The van der Waals surface area contributed by atoms with Crippen molar-refractivity contribution >= 4 is 11.7 Å². The largest absolute Gasteiger partial charge is 0.396 e. The number of aliphatic hydroxyl groups excluding tert-OH is 1. The number of hydrogen-bond donors (Lipinski definition) is 2. The maximum Gasteiger partial charge on any atom is 0.321 e. The first-order valence-electron chi connectivity index (χ1n) is 8.26. The summed E-state index contributed by atoms with van der Waals surface area (Å²) in [6.45, 7) is 8.77. The summed E-state index contributed by atoms with van der Waals surface area (Å²) in [5.74, 6) is 0.718. The summed E-state index contributed by atoms with van der Waals surface area (Å²) in [4.78, 5) is 14.2. The van der Waals surface area contributed by atoms with Gasteiger partial charge in [-0.15, -0.1) is 0 Å². The molecule has 0 saturated carbocycles. The molecule has 1 saturated heterocycles. The molecule has 0 bridgehead atoms. The molecule has 1 aliphatic rings. The van der Waals surface area contributed by atoms with Gasteiger partial charge in [0.15, 0.2) is 0 Å². The number of aliphatic hydroxyl groups is 1. The molecule has 1 atom stereocenters. The monoisotopic (exact) mass is 308 g/mol. The van der Waals surface area contributed by atoms with E-state index in [2.05, 4.69) is 31.2 Å². The van der Waals surface area contributed by atoms with E-state index in [1.165, 1.54) is 0 Å². The minimum Gasteiger partial charge on any atom is -0.396 e. The minimum absolute atomic E-state index is 0.0862. The SMILES string of the molecule is CCc1c(NC(=O)N2CCCC(CO)C2)cnn1CC(C)C. The first kappa shape index (κ1) is 16.8. The van der Waals surface area contributed by atoms with Crippen LogP contribution in [0.1, 0.15) is 39.3 Å². The van der Waals surface area contributed by atoms with Crippen molar-refractivity contribution in [2.24, 2.45) is 11.8 Å². The lowest BCUT2D eigenvalue weighted by molar-refractivity contribution is 0.136. The number of likely N-dealkylation sites (tertiary alicyclic amines) is 1. The number of aromatic nitrogens is 2. The number of rotatable bonds is 5. The third-order valence-electron chi connectivity index (χ3n) is 4.13. The van der Waals surface area contributed by atoms with Crippen molar-refractivity contribution in [1.82, 2.24) is 14.7 Å². The number of piperidine rings is 1. The summed E-state index contributed by atoms with van der Waals surface area (Å²) >= 11 is 0. The van der Waals surface area contributed by atoms with Crippen molar-refractivity contribution in [3.05, 3.63) is 11.9 Å². The highest BCUT2D eigenvalue weighted by atomic mass is 16.3. The molecule has 2 N–H and O–H groups in total. The van der Waals surface area contributed by atoms with E-state index >= 15 is 0 Å². The average molecular weight is 308 g/mol. The second-order valence-corrected chi connectivity index (χ2v) is 6.50. The molecule has 0 aliphatic carbocycles. The molecule has 2 amide bonds. The maximum absolute atomic E-state index is 12.4. The number of hydrogen-bond acceptors (Lipinski definition) is 3. The Bertz CT molecular complexity index is 498. The van der Waals surface area contributed by atoms with Crippen molar-refractivity contribution in [1.29, 1.82) is 0 Å². The second kappa shape index (κ2) is 7.63. The molecule has 2 rings (SSSR count). The first-order chi connectivity index (χ1) is 10.5. The Balaban J connectivity index is 2.03. The third-order valence-corrected chi connectivity index (χ3v) is 4.13. The van der Waals surface area contributed by atoms with Crippen LogP contribution >= 0.6 is 0 Å². The van der Waals surface area contributed by atoms with Crippen molar-refractivity contribution in [3.8, 4) is 0 Å². The molecule has 0 radical (unpaired) electrons. The van der Waals surface area contributed by atoms with Gasteiger partial charge in [-0.2, -0.15) is 5.10 Å². The lowest BCUT2D eigenvalue weighted by Crippen LogP contribution is -2.43. The molecule has 2 heterocycles. The molecule has 22 heavy (non-hydrogen) atoms. The van der Waals surface area contributed by atoms with Gasteiger partial charge < -0.3 is 15.3 Å². The van der Waals surface area contributed by atoms with Crippen LogP contribution in [-0.2, 0) is 13.0 Å². The molecular weight excluding hydrogens is 280 g/mol. The van der Waals surface area contributed by atoms with Crippen molar-refractivity contribution in [2.45, 2.75) is 46.6 Å². The van der Waals surface area contributed by atoms with Gasteiger partial charge in [-0.1, -0.05) is 20.8 Å². The zero-order valence-corrected chi connectivity index (χ0v) is 13.9. The number of nitrogens with one attached hydrogen (secondary N) is 1. The van der Waals surface area contributed by atoms with Gasteiger partial charge in [0.1, 0.15) is 0 Å². The van der Waals surface area contributed by atoms with Crippen molar-refractivity contribution in [2.75, 3.05) is 25.0 Å². The standard InChI is InChI=1S/C16H28N4O2/c1-4-15-14(8-17-20(15)9-12(2)3)18-16(22)19-7-5-6-13(10-19)11-21/h8,12-13,21H,4-7,9-11H2,1-3H3,(H,18,22). The van der Waals surface area contributed by atoms with Crippen LogP contribution in [0.3, 0.4) is 0 Å². The van der Waals surface area contributed by atoms with Crippen LogP contribution in [0.25, 0.3) is 0 Å². The quantitative estimate of drug-likeness (QED) is 0.877. The van der Waals surface area contributed by atoms with Crippen LogP contribution in [0.4, 0.5) is 10.5 Å². The predicted molar refractivity (Wildman–Crippen MR) is 86.8 cm³/mol.